The number of carbonyl (C=O) groups excluding carboxylic acids is 2. The van der Waals surface area contributed by atoms with Gasteiger partial charge in [-0.05, 0) is 47.9 Å². The van der Waals surface area contributed by atoms with Gasteiger partial charge in [-0.1, -0.05) is 78.9 Å². The van der Waals surface area contributed by atoms with Crippen LogP contribution in [0.5, 0.6) is 0 Å². The zero-order valence-corrected chi connectivity index (χ0v) is 24.2. The number of thioether (sulfide) groups is 1. The SMILES string of the molecule is CCNc1c(SCc2ccccc2)sc(-c2ccnc(NC(=O)c3ccccc3)c2)c1C(=O)NCc1ccccc1. The second-order valence-electron chi connectivity index (χ2n) is 9.19. The maximum atomic E-state index is 13.8. The first-order valence-electron chi connectivity index (χ1n) is 13.3. The number of thiophene rings is 1. The Hall–Kier alpha value is -4.40. The molecule has 2 aromatic heterocycles. The fraction of sp³-hybridized carbons (Fsp3) is 0.121. The zero-order valence-electron chi connectivity index (χ0n) is 22.6. The standard InChI is InChI=1S/C33H30N4O2S2/c1-2-34-29-28(32(39)36-21-23-12-6-3-7-13-23)30(41-33(29)40-22-24-14-8-4-9-15-24)26-18-19-35-27(20-26)37-31(38)25-16-10-5-11-17-25/h3-20,34H,2,21-22H2,1H3,(H,36,39)(H,35,37,38). The number of nitrogens with zero attached hydrogens (tertiary/aromatic N) is 1. The molecule has 0 aliphatic heterocycles. The molecule has 6 nitrogen and oxygen atoms in total. The van der Waals surface area contributed by atoms with Gasteiger partial charge in [-0.3, -0.25) is 9.59 Å². The number of carbonyl (C=O) groups is 2. The summed E-state index contributed by atoms with van der Waals surface area (Å²) < 4.78 is 1.03. The fourth-order valence-electron chi connectivity index (χ4n) is 4.28. The first kappa shape index (κ1) is 28.1. The summed E-state index contributed by atoms with van der Waals surface area (Å²) in [7, 11) is 0. The van der Waals surface area contributed by atoms with Crippen molar-refractivity contribution in [3.8, 4) is 10.4 Å². The van der Waals surface area contributed by atoms with E-state index in [-0.39, 0.29) is 11.8 Å². The van der Waals surface area contributed by atoms with Crippen LogP contribution in [-0.4, -0.2) is 23.3 Å². The van der Waals surface area contributed by atoms with E-state index in [1.165, 1.54) is 5.56 Å². The molecular formula is C33H30N4O2S2. The van der Waals surface area contributed by atoms with Crippen molar-refractivity contribution in [1.82, 2.24) is 10.3 Å². The predicted molar refractivity (Wildman–Crippen MR) is 170 cm³/mol. The summed E-state index contributed by atoms with van der Waals surface area (Å²) in [6, 6.07) is 32.9. The Bertz CT molecular complexity index is 1610. The van der Waals surface area contributed by atoms with Gasteiger partial charge in [0.2, 0.25) is 0 Å². The molecule has 8 heteroatoms. The van der Waals surface area contributed by atoms with Gasteiger partial charge in [0.25, 0.3) is 11.8 Å². The number of benzene rings is 3. The van der Waals surface area contributed by atoms with E-state index >= 15 is 0 Å². The summed E-state index contributed by atoms with van der Waals surface area (Å²) in [5.41, 5.74) is 5.01. The number of aromatic nitrogens is 1. The average molecular weight is 579 g/mol. The molecule has 0 saturated carbocycles. The highest BCUT2D eigenvalue weighted by Gasteiger charge is 2.25. The number of amides is 2. The number of nitrogens with one attached hydrogen (secondary N) is 3. The van der Waals surface area contributed by atoms with Crippen LogP contribution in [0.15, 0.2) is 114 Å². The van der Waals surface area contributed by atoms with E-state index in [2.05, 4.69) is 33.1 Å². The number of hydrogen-bond acceptors (Lipinski definition) is 6. The van der Waals surface area contributed by atoms with E-state index in [1.807, 2.05) is 85.8 Å². The minimum absolute atomic E-state index is 0.158. The van der Waals surface area contributed by atoms with E-state index in [0.29, 0.717) is 30.0 Å². The van der Waals surface area contributed by atoms with E-state index in [4.69, 9.17) is 0 Å². The molecule has 41 heavy (non-hydrogen) atoms. The van der Waals surface area contributed by atoms with Crippen LogP contribution in [0.2, 0.25) is 0 Å². The van der Waals surface area contributed by atoms with Gasteiger partial charge in [-0.2, -0.15) is 0 Å². The molecule has 5 aromatic rings. The molecular weight excluding hydrogens is 549 g/mol. The highest BCUT2D eigenvalue weighted by molar-refractivity contribution is 8.00. The van der Waals surface area contributed by atoms with Gasteiger partial charge >= 0.3 is 0 Å². The van der Waals surface area contributed by atoms with Crippen molar-refractivity contribution < 1.29 is 9.59 Å². The smallest absolute Gasteiger partial charge is 0.256 e. The lowest BCUT2D eigenvalue weighted by atomic mass is 10.1. The molecule has 0 radical (unpaired) electrons. The molecule has 0 fully saturated rings. The van der Waals surface area contributed by atoms with Crippen LogP contribution in [0.3, 0.4) is 0 Å². The molecule has 0 aliphatic rings. The van der Waals surface area contributed by atoms with Gasteiger partial charge < -0.3 is 16.0 Å². The van der Waals surface area contributed by atoms with E-state index in [1.54, 1.807) is 41.4 Å². The van der Waals surface area contributed by atoms with Crippen molar-refractivity contribution >= 4 is 46.4 Å². The maximum absolute atomic E-state index is 13.8. The second kappa shape index (κ2) is 13.8. The Kier molecular flexibility index (Phi) is 9.46. The molecule has 2 amide bonds. The lowest BCUT2D eigenvalue weighted by molar-refractivity contribution is 0.0951. The van der Waals surface area contributed by atoms with Crippen LogP contribution in [0.25, 0.3) is 10.4 Å². The quantitative estimate of drug-likeness (QED) is 0.140. The summed E-state index contributed by atoms with van der Waals surface area (Å²) in [5.74, 6) is 0.798. The lowest BCUT2D eigenvalue weighted by Crippen LogP contribution is -2.24. The molecule has 0 atom stereocenters. The number of pyridine rings is 1. The average Bonchev–Trinajstić information content (AvgIpc) is 3.39. The molecule has 0 aliphatic carbocycles. The van der Waals surface area contributed by atoms with Gasteiger partial charge in [-0.15, -0.1) is 23.1 Å². The minimum Gasteiger partial charge on any atom is -0.383 e. The van der Waals surface area contributed by atoms with Gasteiger partial charge in [0, 0.05) is 30.6 Å². The van der Waals surface area contributed by atoms with Crippen molar-refractivity contribution in [1.29, 1.82) is 0 Å². The van der Waals surface area contributed by atoms with Gasteiger partial charge in [-0.25, -0.2) is 4.98 Å². The molecule has 3 aromatic carbocycles. The van der Waals surface area contributed by atoms with Crippen LogP contribution in [0, 0.1) is 0 Å². The highest BCUT2D eigenvalue weighted by atomic mass is 32.2. The van der Waals surface area contributed by atoms with Gasteiger partial charge in [0.05, 0.1) is 20.3 Å². The predicted octanol–water partition coefficient (Wildman–Crippen LogP) is 7.72. The van der Waals surface area contributed by atoms with Crippen LogP contribution in [-0.2, 0) is 12.3 Å². The number of hydrogen-bond donors (Lipinski definition) is 3. The normalized spacial score (nSPS) is 10.7. The largest absolute Gasteiger partial charge is 0.383 e. The molecule has 206 valence electrons. The van der Waals surface area contributed by atoms with Crippen molar-refractivity contribution in [3.05, 3.63) is 132 Å². The summed E-state index contributed by atoms with van der Waals surface area (Å²) in [5, 5.41) is 9.46. The Morgan fingerprint density at radius 3 is 2.17 bits per heavy atom. The van der Waals surface area contributed by atoms with Gasteiger partial charge in [0.15, 0.2) is 0 Å². The minimum atomic E-state index is -0.241. The van der Waals surface area contributed by atoms with E-state index in [0.717, 1.165) is 31.7 Å². The van der Waals surface area contributed by atoms with Crippen molar-refractivity contribution in [3.63, 3.8) is 0 Å². The Labute approximate surface area is 248 Å². The van der Waals surface area contributed by atoms with Crippen molar-refractivity contribution in [2.24, 2.45) is 0 Å². The third-order valence-electron chi connectivity index (χ3n) is 6.26. The molecule has 0 spiro atoms. The lowest BCUT2D eigenvalue weighted by Gasteiger charge is -2.12. The topological polar surface area (TPSA) is 83.1 Å². The molecule has 2 heterocycles. The third kappa shape index (κ3) is 7.22. The van der Waals surface area contributed by atoms with Crippen LogP contribution in [0.1, 0.15) is 38.8 Å². The van der Waals surface area contributed by atoms with E-state index in [9.17, 15) is 9.59 Å². The van der Waals surface area contributed by atoms with Crippen LogP contribution >= 0.6 is 23.1 Å². The molecule has 5 rings (SSSR count). The van der Waals surface area contributed by atoms with Crippen LogP contribution < -0.4 is 16.0 Å². The number of anilines is 2. The maximum Gasteiger partial charge on any atom is 0.256 e. The molecule has 3 N–H and O–H groups in total. The van der Waals surface area contributed by atoms with E-state index < -0.39 is 0 Å². The van der Waals surface area contributed by atoms with Crippen molar-refractivity contribution in [2.75, 3.05) is 17.2 Å². The summed E-state index contributed by atoms with van der Waals surface area (Å²) >= 11 is 3.28. The third-order valence-corrected chi connectivity index (χ3v) is 8.85. The summed E-state index contributed by atoms with van der Waals surface area (Å²) in [6.45, 7) is 3.11. The first-order valence-corrected chi connectivity index (χ1v) is 15.1. The fourth-order valence-corrected chi connectivity index (χ4v) is 6.75. The highest BCUT2D eigenvalue weighted by Crippen LogP contribution is 2.46. The summed E-state index contributed by atoms with van der Waals surface area (Å²) in [6.07, 6.45) is 1.66. The Morgan fingerprint density at radius 2 is 1.49 bits per heavy atom. The molecule has 0 saturated heterocycles. The van der Waals surface area contributed by atoms with Crippen LogP contribution in [0.4, 0.5) is 11.5 Å². The Morgan fingerprint density at radius 1 is 0.829 bits per heavy atom. The monoisotopic (exact) mass is 578 g/mol. The van der Waals surface area contributed by atoms with Gasteiger partial charge in [0.1, 0.15) is 5.82 Å². The zero-order chi connectivity index (χ0) is 28.4. The first-order chi connectivity index (χ1) is 20.1. The second-order valence-corrected chi connectivity index (χ2v) is 11.5. The molecule has 0 bridgehead atoms. The Balaban J connectivity index is 1.49. The number of rotatable bonds is 11. The summed E-state index contributed by atoms with van der Waals surface area (Å²) in [4.78, 5) is 31.8. The van der Waals surface area contributed by atoms with Crippen molar-refractivity contribution in [2.45, 2.75) is 23.4 Å². The molecule has 0 unspecified atom stereocenters.